The van der Waals surface area contributed by atoms with Gasteiger partial charge in [0.15, 0.2) is 17.3 Å². The van der Waals surface area contributed by atoms with Gasteiger partial charge < -0.3 is 29.2 Å². The first-order valence-corrected chi connectivity index (χ1v) is 11.9. The van der Waals surface area contributed by atoms with E-state index in [4.69, 9.17) is 13.9 Å². The number of amides is 1. The summed E-state index contributed by atoms with van der Waals surface area (Å²) in [6.07, 6.45) is -3.84. The summed E-state index contributed by atoms with van der Waals surface area (Å²) in [5.74, 6) is -7.98. The van der Waals surface area contributed by atoms with Crippen LogP contribution in [0.15, 0.2) is 34.9 Å². The highest BCUT2D eigenvalue weighted by atomic mass is 19.4. The molecule has 14 heteroatoms. The summed E-state index contributed by atoms with van der Waals surface area (Å²) in [5.41, 5.74) is -0.416. The molecule has 0 radical (unpaired) electrons. The number of carbonyl (C=O) groups is 1. The van der Waals surface area contributed by atoms with Crippen LogP contribution in [-0.4, -0.2) is 64.8 Å². The Hall–Kier alpha value is -3.52. The van der Waals surface area contributed by atoms with Crippen LogP contribution in [0.3, 0.4) is 0 Å². The van der Waals surface area contributed by atoms with Crippen LogP contribution in [0.25, 0.3) is 11.1 Å². The van der Waals surface area contributed by atoms with E-state index >= 15 is 8.78 Å². The number of aliphatic hydroxyl groups is 1. The second kappa shape index (κ2) is 9.98. The molecule has 0 bridgehead atoms. The average Bonchev–Trinajstić information content (AvgIpc) is 3.56. The lowest BCUT2D eigenvalue weighted by atomic mass is 10.0. The minimum atomic E-state index is -4.91. The largest absolute Gasteiger partial charge is 0.486 e. The van der Waals surface area contributed by atoms with E-state index in [1.54, 1.807) is 12.1 Å². The van der Waals surface area contributed by atoms with Gasteiger partial charge in [0.25, 0.3) is 5.91 Å². The number of rotatable bonds is 7. The SMILES string of the molecule is O=C(N[C@H](CN1CCCC1)[C@H](O)c1ccc2c(c1)OCCO2)C(F)(F)c1cc2cnc(C(F)(F)F)nc2o1. The third kappa shape index (κ3) is 5.23. The molecule has 1 fully saturated rings. The molecule has 2 aliphatic rings. The minimum absolute atomic E-state index is 0.0813. The summed E-state index contributed by atoms with van der Waals surface area (Å²) in [6.45, 7) is 2.08. The number of hydrogen-bond donors (Lipinski definition) is 2. The highest BCUT2D eigenvalue weighted by Crippen LogP contribution is 2.36. The molecule has 5 rings (SSSR count). The number of aromatic nitrogens is 2. The molecule has 0 saturated carbocycles. The summed E-state index contributed by atoms with van der Waals surface area (Å²) in [7, 11) is 0. The number of furan rings is 1. The van der Waals surface area contributed by atoms with Gasteiger partial charge in [0, 0.05) is 12.7 Å². The van der Waals surface area contributed by atoms with Crippen molar-refractivity contribution < 1.29 is 45.7 Å². The molecule has 1 aromatic carbocycles. The summed E-state index contributed by atoms with van der Waals surface area (Å²) < 4.78 is 84.9. The van der Waals surface area contributed by atoms with Gasteiger partial charge in [-0.1, -0.05) is 6.07 Å². The second-order valence-corrected chi connectivity index (χ2v) is 9.07. The summed E-state index contributed by atoms with van der Waals surface area (Å²) in [6, 6.07) is 4.21. The molecule has 2 atom stereocenters. The van der Waals surface area contributed by atoms with E-state index in [1.165, 1.54) is 6.07 Å². The van der Waals surface area contributed by atoms with Crippen LogP contribution in [0, 0.1) is 0 Å². The van der Waals surface area contributed by atoms with Crippen molar-refractivity contribution in [1.82, 2.24) is 20.2 Å². The molecule has 2 aliphatic heterocycles. The summed E-state index contributed by atoms with van der Waals surface area (Å²) in [5, 5.41) is 13.1. The van der Waals surface area contributed by atoms with Crippen LogP contribution in [0.5, 0.6) is 11.5 Å². The van der Waals surface area contributed by atoms with Gasteiger partial charge in [0.05, 0.1) is 11.4 Å². The van der Waals surface area contributed by atoms with Crippen LogP contribution < -0.4 is 14.8 Å². The molecule has 1 saturated heterocycles. The standard InChI is InChI=1S/C24H23F5N4O5/c25-23(26,18-10-14-11-30-21(24(27,28)29)32-20(14)38-18)22(35)31-15(12-33-5-1-2-6-33)19(34)13-3-4-16-17(9-13)37-8-7-36-16/h3-4,9-11,15,19,34H,1-2,5-8,12H2,(H,31,35)/t15-,19-/m1/s1. The number of likely N-dealkylation sites (tertiary alicyclic amines) is 1. The highest BCUT2D eigenvalue weighted by molar-refractivity contribution is 5.86. The molecule has 0 spiro atoms. The van der Waals surface area contributed by atoms with Gasteiger partial charge in [-0.2, -0.15) is 26.9 Å². The molecule has 0 aliphatic carbocycles. The zero-order valence-electron chi connectivity index (χ0n) is 19.8. The molecule has 38 heavy (non-hydrogen) atoms. The molecule has 2 N–H and O–H groups in total. The van der Waals surface area contributed by atoms with Crippen molar-refractivity contribution in [2.75, 3.05) is 32.8 Å². The number of aliphatic hydroxyl groups excluding tert-OH is 1. The third-order valence-corrected chi connectivity index (χ3v) is 6.38. The van der Waals surface area contributed by atoms with Crippen molar-refractivity contribution in [2.45, 2.75) is 37.1 Å². The van der Waals surface area contributed by atoms with Crippen molar-refractivity contribution in [3.8, 4) is 11.5 Å². The Balaban J connectivity index is 1.39. The van der Waals surface area contributed by atoms with Gasteiger partial charge in [-0.05, 0) is 49.7 Å². The normalized spacial score (nSPS) is 17.9. The first kappa shape index (κ1) is 26.1. The van der Waals surface area contributed by atoms with Crippen molar-refractivity contribution in [1.29, 1.82) is 0 Å². The molecule has 2 aromatic heterocycles. The number of benzene rings is 1. The zero-order chi connectivity index (χ0) is 27.1. The average molecular weight is 542 g/mol. The number of alkyl halides is 5. The fourth-order valence-corrected chi connectivity index (χ4v) is 4.44. The fourth-order valence-electron chi connectivity index (χ4n) is 4.44. The molecular weight excluding hydrogens is 519 g/mol. The summed E-state index contributed by atoms with van der Waals surface area (Å²) in [4.78, 5) is 21.0. The van der Waals surface area contributed by atoms with Gasteiger partial charge in [-0.3, -0.25) is 4.79 Å². The van der Waals surface area contributed by atoms with Crippen LogP contribution in [0.4, 0.5) is 22.0 Å². The Labute approximate surface area is 212 Å². The number of carbonyl (C=O) groups excluding carboxylic acids is 1. The van der Waals surface area contributed by atoms with E-state index in [-0.39, 0.29) is 11.9 Å². The lowest BCUT2D eigenvalue weighted by molar-refractivity contribution is -0.151. The molecule has 9 nitrogen and oxygen atoms in total. The Morgan fingerprint density at radius 1 is 1.08 bits per heavy atom. The zero-order valence-corrected chi connectivity index (χ0v) is 19.8. The van der Waals surface area contributed by atoms with Gasteiger partial charge in [-0.15, -0.1) is 0 Å². The quantitative estimate of drug-likeness (QED) is 0.438. The predicted octanol–water partition coefficient (Wildman–Crippen LogP) is 3.42. The lowest BCUT2D eigenvalue weighted by Crippen LogP contribution is -2.50. The van der Waals surface area contributed by atoms with Gasteiger partial charge in [0.2, 0.25) is 11.5 Å². The first-order chi connectivity index (χ1) is 18.0. The van der Waals surface area contributed by atoms with Gasteiger partial charge in [0.1, 0.15) is 19.3 Å². The monoisotopic (exact) mass is 542 g/mol. The van der Waals surface area contributed by atoms with Crippen LogP contribution in [-0.2, 0) is 16.9 Å². The molecule has 204 valence electrons. The number of fused-ring (bicyclic) bond motifs is 2. The van der Waals surface area contributed by atoms with Crippen molar-refractivity contribution in [3.05, 3.63) is 47.6 Å². The van der Waals surface area contributed by atoms with Crippen molar-refractivity contribution in [3.63, 3.8) is 0 Å². The van der Waals surface area contributed by atoms with Crippen LogP contribution in [0.2, 0.25) is 0 Å². The Morgan fingerprint density at radius 2 is 1.79 bits per heavy atom. The number of hydrogen-bond acceptors (Lipinski definition) is 8. The van der Waals surface area contributed by atoms with Crippen LogP contribution >= 0.6 is 0 Å². The molecule has 4 heterocycles. The second-order valence-electron chi connectivity index (χ2n) is 9.07. The third-order valence-electron chi connectivity index (χ3n) is 6.38. The van der Waals surface area contributed by atoms with Crippen LogP contribution in [0.1, 0.15) is 36.1 Å². The predicted molar refractivity (Wildman–Crippen MR) is 121 cm³/mol. The summed E-state index contributed by atoms with van der Waals surface area (Å²) >= 11 is 0. The maximum atomic E-state index is 15.2. The number of ether oxygens (including phenoxy) is 2. The maximum Gasteiger partial charge on any atom is 0.451 e. The van der Waals surface area contributed by atoms with E-state index < -0.39 is 47.4 Å². The van der Waals surface area contributed by atoms with Crippen molar-refractivity contribution >= 4 is 17.0 Å². The Bertz CT molecular complexity index is 1330. The molecular formula is C24H23F5N4O5. The first-order valence-electron chi connectivity index (χ1n) is 11.9. The van der Waals surface area contributed by atoms with Gasteiger partial charge >= 0.3 is 12.1 Å². The van der Waals surface area contributed by atoms with Crippen molar-refractivity contribution in [2.24, 2.45) is 0 Å². The molecule has 1 amide bonds. The van der Waals surface area contributed by atoms with E-state index in [2.05, 4.69) is 15.3 Å². The fraction of sp³-hybridized carbons (Fsp3) is 0.458. The van der Waals surface area contributed by atoms with E-state index in [9.17, 15) is 23.1 Å². The van der Waals surface area contributed by atoms with Gasteiger partial charge in [-0.25, -0.2) is 4.98 Å². The smallest absolute Gasteiger partial charge is 0.451 e. The number of nitrogens with one attached hydrogen (secondary N) is 1. The maximum absolute atomic E-state index is 15.2. The Kier molecular flexibility index (Phi) is 6.86. The van der Waals surface area contributed by atoms with E-state index in [0.29, 0.717) is 55.6 Å². The minimum Gasteiger partial charge on any atom is -0.486 e. The van der Waals surface area contributed by atoms with E-state index in [1.807, 2.05) is 4.90 Å². The molecule has 3 aromatic rings. The lowest BCUT2D eigenvalue weighted by Gasteiger charge is -2.30. The number of halogens is 5. The Morgan fingerprint density at radius 3 is 2.50 bits per heavy atom. The highest BCUT2D eigenvalue weighted by Gasteiger charge is 2.46. The number of nitrogens with zero attached hydrogens (tertiary/aromatic N) is 3. The van der Waals surface area contributed by atoms with E-state index in [0.717, 1.165) is 12.8 Å². The topological polar surface area (TPSA) is 110 Å². The molecule has 0 unspecified atom stereocenters.